The first-order valence-corrected chi connectivity index (χ1v) is 9.47. The van der Waals surface area contributed by atoms with Gasteiger partial charge in [-0.15, -0.1) is 0 Å². The minimum absolute atomic E-state index is 0.0472. The number of nitrogens with two attached hydrogens (primary N) is 1. The van der Waals surface area contributed by atoms with E-state index in [1.807, 2.05) is 0 Å². The molecule has 2 aliphatic rings. The molecule has 3 rings (SSSR count). The molecular weight excluding hydrogens is 405 g/mol. The van der Waals surface area contributed by atoms with Gasteiger partial charge >= 0.3 is 6.18 Å². The summed E-state index contributed by atoms with van der Waals surface area (Å²) in [6.07, 6.45) is -2.86. The molecular formula is C19H23F3N4O4. The molecule has 0 spiro atoms. The average molecular weight is 428 g/mol. The van der Waals surface area contributed by atoms with E-state index in [0.717, 1.165) is 25.0 Å². The fraction of sp³-hybridized carbons (Fsp3) is 0.526. The van der Waals surface area contributed by atoms with Gasteiger partial charge in [-0.2, -0.15) is 13.2 Å². The summed E-state index contributed by atoms with van der Waals surface area (Å²) < 4.78 is 46.0. The summed E-state index contributed by atoms with van der Waals surface area (Å²) in [7, 11) is 1.53. The predicted molar refractivity (Wildman–Crippen MR) is 102 cm³/mol. The van der Waals surface area contributed by atoms with Gasteiger partial charge in [0.25, 0.3) is 11.8 Å². The molecule has 11 heteroatoms. The van der Waals surface area contributed by atoms with Crippen LogP contribution in [0.4, 0.5) is 24.5 Å². The Labute approximate surface area is 171 Å². The number of benzene rings is 1. The fourth-order valence-corrected chi connectivity index (χ4v) is 3.40. The van der Waals surface area contributed by atoms with E-state index < -0.39 is 41.2 Å². The van der Waals surface area contributed by atoms with E-state index in [-0.39, 0.29) is 25.4 Å². The molecule has 0 unspecified atom stereocenters. The Bertz CT molecular complexity index is 842. The number of morpholine rings is 1. The molecule has 164 valence electrons. The smallest absolute Gasteiger partial charge is 0.370 e. The number of carbonyl (C=O) groups is 3. The van der Waals surface area contributed by atoms with Gasteiger partial charge in [-0.25, -0.2) is 0 Å². The lowest BCUT2D eigenvalue weighted by molar-refractivity contribution is -0.137. The van der Waals surface area contributed by atoms with Gasteiger partial charge in [0.05, 0.1) is 17.9 Å². The number of carbonyl (C=O) groups excluding carboxylic acids is 3. The predicted octanol–water partition coefficient (Wildman–Crippen LogP) is 1.20. The monoisotopic (exact) mass is 428 g/mol. The van der Waals surface area contributed by atoms with Crippen LogP contribution in [0.2, 0.25) is 0 Å². The number of ether oxygens (including phenoxy) is 1. The van der Waals surface area contributed by atoms with Crippen molar-refractivity contribution >= 4 is 29.1 Å². The molecule has 1 aliphatic heterocycles. The quantitative estimate of drug-likeness (QED) is 0.635. The van der Waals surface area contributed by atoms with Crippen LogP contribution in [-0.4, -0.2) is 62.0 Å². The Morgan fingerprint density at radius 3 is 2.63 bits per heavy atom. The Morgan fingerprint density at radius 2 is 2.07 bits per heavy atom. The van der Waals surface area contributed by atoms with Crippen molar-refractivity contribution in [2.75, 3.05) is 43.6 Å². The van der Waals surface area contributed by atoms with Crippen LogP contribution in [0.1, 0.15) is 18.4 Å². The molecule has 1 aliphatic carbocycles. The largest absolute Gasteiger partial charge is 0.418 e. The maximum atomic E-state index is 13.7. The summed E-state index contributed by atoms with van der Waals surface area (Å²) in [4.78, 5) is 39.0. The van der Waals surface area contributed by atoms with Crippen molar-refractivity contribution in [2.24, 2.45) is 11.7 Å². The summed E-state index contributed by atoms with van der Waals surface area (Å²) in [5, 5.41) is 2.18. The number of likely N-dealkylation sites (N-methyl/N-ethyl adjacent to an activating group) is 1. The van der Waals surface area contributed by atoms with Crippen molar-refractivity contribution in [3.05, 3.63) is 23.8 Å². The highest BCUT2D eigenvalue weighted by atomic mass is 19.4. The van der Waals surface area contributed by atoms with Crippen LogP contribution in [0.5, 0.6) is 0 Å². The third kappa shape index (κ3) is 5.08. The van der Waals surface area contributed by atoms with Gasteiger partial charge in [-0.1, -0.05) is 0 Å². The molecule has 0 radical (unpaired) electrons. The van der Waals surface area contributed by atoms with Gasteiger partial charge in [0.1, 0.15) is 6.61 Å². The minimum Gasteiger partial charge on any atom is -0.370 e. The number of nitrogens with zero attached hydrogens (tertiary/aromatic N) is 2. The van der Waals surface area contributed by atoms with Crippen LogP contribution in [0.3, 0.4) is 0 Å². The molecule has 3 amide bonds. The molecule has 30 heavy (non-hydrogen) atoms. The zero-order valence-electron chi connectivity index (χ0n) is 16.4. The highest BCUT2D eigenvalue weighted by molar-refractivity contribution is 6.10. The van der Waals surface area contributed by atoms with Gasteiger partial charge in [0.2, 0.25) is 5.91 Å². The van der Waals surface area contributed by atoms with Gasteiger partial charge in [-0.05, 0) is 44.0 Å². The van der Waals surface area contributed by atoms with E-state index in [9.17, 15) is 27.6 Å². The van der Waals surface area contributed by atoms with Crippen molar-refractivity contribution in [1.29, 1.82) is 0 Å². The van der Waals surface area contributed by atoms with Crippen molar-refractivity contribution in [2.45, 2.75) is 25.1 Å². The summed E-state index contributed by atoms with van der Waals surface area (Å²) in [5.41, 5.74) is 3.74. The number of anilines is 2. The van der Waals surface area contributed by atoms with Crippen LogP contribution < -0.4 is 16.0 Å². The molecule has 3 N–H and O–H groups in total. The molecule has 1 aromatic carbocycles. The number of primary amides is 1. The molecule has 1 atom stereocenters. The van der Waals surface area contributed by atoms with E-state index >= 15 is 0 Å². The van der Waals surface area contributed by atoms with Crippen LogP contribution in [0.25, 0.3) is 0 Å². The summed E-state index contributed by atoms with van der Waals surface area (Å²) in [5.74, 6) is -1.99. The SMILES string of the molecule is CN(CC1CC1)[C@@H](C(N)=O)C(=O)Nc1ccc(N2CCOCC2=O)cc1C(F)(F)F. The lowest BCUT2D eigenvalue weighted by atomic mass is 10.1. The number of rotatable bonds is 7. The molecule has 1 aromatic rings. The molecule has 1 heterocycles. The second-order valence-electron chi connectivity index (χ2n) is 7.50. The third-order valence-electron chi connectivity index (χ3n) is 5.07. The summed E-state index contributed by atoms with van der Waals surface area (Å²) >= 11 is 0. The first kappa shape index (κ1) is 22.0. The summed E-state index contributed by atoms with van der Waals surface area (Å²) in [6.45, 7) is 0.565. The van der Waals surface area contributed by atoms with Crippen LogP contribution in [-0.2, 0) is 25.3 Å². The van der Waals surface area contributed by atoms with Gasteiger partial charge in [-0.3, -0.25) is 19.3 Å². The lowest BCUT2D eigenvalue weighted by Gasteiger charge is -2.28. The molecule has 1 saturated carbocycles. The first-order valence-electron chi connectivity index (χ1n) is 9.47. The second kappa shape index (κ2) is 8.60. The van der Waals surface area contributed by atoms with Crippen LogP contribution in [0.15, 0.2) is 18.2 Å². The van der Waals surface area contributed by atoms with Crippen molar-refractivity contribution < 1.29 is 32.3 Å². The van der Waals surface area contributed by atoms with E-state index in [1.54, 1.807) is 0 Å². The first-order chi connectivity index (χ1) is 14.1. The molecule has 2 fully saturated rings. The Morgan fingerprint density at radius 1 is 1.37 bits per heavy atom. The Kier molecular flexibility index (Phi) is 6.32. The molecule has 1 saturated heterocycles. The molecule has 0 aromatic heterocycles. The van der Waals surface area contributed by atoms with Crippen molar-refractivity contribution in [1.82, 2.24) is 4.90 Å². The fourth-order valence-electron chi connectivity index (χ4n) is 3.40. The number of hydrogen-bond acceptors (Lipinski definition) is 5. The maximum Gasteiger partial charge on any atom is 0.418 e. The zero-order valence-corrected chi connectivity index (χ0v) is 16.4. The lowest BCUT2D eigenvalue weighted by Crippen LogP contribution is -2.51. The Hall–Kier alpha value is -2.66. The average Bonchev–Trinajstić information content (AvgIpc) is 3.45. The normalized spacial score (nSPS) is 18.4. The number of halogens is 3. The Balaban J connectivity index is 1.85. The van der Waals surface area contributed by atoms with Gasteiger partial charge < -0.3 is 20.7 Å². The number of alkyl halides is 3. The topological polar surface area (TPSA) is 105 Å². The number of amides is 3. The minimum atomic E-state index is -4.80. The standard InChI is InChI=1S/C19H23F3N4O4/c1-25(9-11-2-3-11)16(17(23)28)18(29)24-14-5-4-12(8-13(14)19(20,21)22)26-6-7-30-10-15(26)27/h4-5,8,11,16H,2-3,6-7,9-10H2,1H3,(H2,23,28)(H,24,29)/t16-/m0/s1. The number of nitrogens with one attached hydrogen (secondary N) is 1. The van der Waals surface area contributed by atoms with E-state index in [1.165, 1.54) is 22.9 Å². The maximum absolute atomic E-state index is 13.7. The molecule has 8 nitrogen and oxygen atoms in total. The highest BCUT2D eigenvalue weighted by Crippen LogP contribution is 2.38. The van der Waals surface area contributed by atoms with Gasteiger partial charge in [0, 0.05) is 18.8 Å². The van der Waals surface area contributed by atoms with Gasteiger partial charge in [0.15, 0.2) is 6.04 Å². The zero-order chi connectivity index (χ0) is 22.1. The number of hydrogen-bond donors (Lipinski definition) is 2. The third-order valence-corrected chi connectivity index (χ3v) is 5.07. The highest BCUT2D eigenvalue weighted by Gasteiger charge is 2.38. The van der Waals surface area contributed by atoms with E-state index in [2.05, 4.69) is 5.32 Å². The second-order valence-corrected chi connectivity index (χ2v) is 7.50. The molecule has 0 bridgehead atoms. The van der Waals surface area contributed by atoms with Crippen molar-refractivity contribution in [3.8, 4) is 0 Å². The van der Waals surface area contributed by atoms with E-state index in [4.69, 9.17) is 10.5 Å². The van der Waals surface area contributed by atoms with E-state index in [0.29, 0.717) is 12.5 Å². The van der Waals surface area contributed by atoms with Crippen molar-refractivity contribution in [3.63, 3.8) is 0 Å². The van der Waals surface area contributed by atoms with Crippen LogP contribution >= 0.6 is 0 Å². The van der Waals surface area contributed by atoms with Crippen LogP contribution in [0, 0.1) is 5.92 Å². The summed E-state index contributed by atoms with van der Waals surface area (Å²) in [6, 6.07) is 1.78.